The van der Waals surface area contributed by atoms with Crippen LogP contribution in [0.1, 0.15) is 32.6 Å². The van der Waals surface area contributed by atoms with E-state index in [9.17, 15) is 14.9 Å². The minimum Gasteiger partial charge on any atom is -0.428 e. The molecule has 2 aromatic rings. The summed E-state index contributed by atoms with van der Waals surface area (Å²) in [5.41, 5.74) is 1.55. The van der Waals surface area contributed by atoms with Gasteiger partial charge in [-0.1, -0.05) is 27.7 Å². The van der Waals surface area contributed by atoms with Gasteiger partial charge in [-0.2, -0.15) is 0 Å². The molecule has 126 valence electrons. The molecule has 1 aromatic heterocycles. The highest BCUT2D eigenvalue weighted by atomic mass is 32.1. The van der Waals surface area contributed by atoms with Gasteiger partial charge in [0.05, 0.1) is 15.3 Å². The zero-order chi connectivity index (χ0) is 17.7. The van der Waals surface area contributed by atoms with Crippen LogP contribution in [-0.2, 0) is 11.3 Å². The Morgan fingerprint density at radius 3 is 2.30 bits per heavy atom. The third-order valence-electron chi connectivity index (χ3n) is 2.06. The molecular formula is C15H20N2O5S. The van der Waals surface area contributed by atoms with Crippen molar-refractivity contribution in [1.29, 1.82) is 0 Å². The van der Waals surface area contributed by atoms with Crippen LogP contribution in [0.5, 0.6) is 5.75 Å². The highest BCUT2D eigenvalue weighted by Crippen LogP contribution is 2.18. The van der Waals surface area contributed by atoms with Crippen LogP contribution in [0.25, 0.3) is 0 Å². The Labute approximate surface area is 139 Å². The number of aromatic nitrogens is 1. The number of rotatable bonds is 4. The summed E-state index contributed by atoms with van der Waals surface area (Å²) in [5, 5.41) is 10.4. The normalized spacial score (nSPS) is 8.70. The van der Waals surface area contributed by atoms with E-state index in [-0.39, 0.29) is 18.0 Å². The second-order valence-electron chi connectivity index (χ2n) is 3.36. The average molecular weight is 340 g/mol. The number of hydrogen-bond acceptors (Lipinski definition) is 7. The van der Waals surface area contributed by atoms with E-state index < -0.39 is 11.1 Å². The average Bonchev–Trinajstić information content (AvgIpc) is 3.11. The second-order valence-corrected chi connectivity index (χ2v) is 4.33. The molecule has 1 heterocycles. The van der Waals surface area contributed by atoms with E-state index in [4.69, 9.17) is 9.47 Å². The molecule has 0 spiro atoms. The van der Waals surface area contributed by atoms with Crippen molar-refractivity contribution in [2.24, 2.45) is 0 Å². The standard InChI is InChI=1S/C11H8N2O5S.2C2H6/c14-11(17-6-10-5-12-7-19-10)18-9-3-1-8(2-4-9)13(15)16;2*1-2/h1-5,7H,6H2;2*1-2H3. The molecule has 0 N–H and O–H groups in total. The summed E-state index contributed by atoms with van der Waals surface area (Å²) in [4.78, 5) is 25.9. The predicted octanol–water partition coefficient (Wildman–Crippen LogP) is 4.82. The number of carbonyl (C=O) groups is 1. The number of thiazole rings is 1. The Bertz CT molecular complexity index is 570. The van der Waals surface area contributed by atoms with Crippen molar-refractivity contribution in [3.8, 4) is 5.75 Å². The summed E-state index contributed by atoms with van der Waals surface area (Å²) >= 11 is 1.36. The largest absolute Gasteiger partial charge is 0.514 e. The summed E-state index contributed by atoms with van der Waals surface area (Å²) in [5.74, 6) is 0.180. The van der Waals surface area contributed by atoms with E-state index >= 15 is 0 Å². The smallest absolute Gasteiger partial charge is 0.428 e. The van der Waals surface area contributed by atoms with Gasteiger partial charge in [0.2, 0.25) is 0 Å². The fourth-order valence-corrected chi connectivity index (χ4v) is 1.71. The molecule has 0 saturated heterocycles. The highest BCUT2D eigenvalue weighted by Gasteiger charge is 2.09. The number of nitro groups is 1. The first-order chi connectivity index (χ1) is 11.1. The molecule has 0 unspecified atom stereocenters. The first-order valence-electron chi connectivity index (χ1n) is 7.11. The quantitative estimate of drug-likeness (QED) is 0.343. The molecule has 0 aliphatic carbocycles. The van der Waals surface area contributed by atoms with Gasteiger partial charge in [0.1, 0.15) is 12.4 Å². The lowest BCUT2D eigenvalue weighted by molar-refractivity contribution is -0.384. The molecule has 0 bridgehead atoms. The van der Waals surface area contributed by atoms with Gasteiger partial charge >= 0.3 is 6.16 Å². The molecule has 0 aliphatic heterocycles. The van der Waals surface area contributed by atoms with Crippen LogP contribution < -0.4 is 4.74 Å². The van der Waals surface area contributed by atoms with Gasteiger partial charge in [0.25, 0.3) is 5.69 Å². The number of nitro benzene ring substituents is 1. The van der Waals surface area contributed by atoms with Crippen LogP contribution in [0.4, 0.5) is 10.5 Å². The summed E-state index contributed by atoms with van der Waals surface area (Å²) < 4.78 is 9.69. The lowest BCUT2D eigenvalue weighted by atomic mass is 10.3. The molecule has 0 fully saturated rings. The fraction of sp³-hybridized carbons (Fsp3) is 0.333. The van der Waals surface area contributed by atoms with Crippen LogP contribution in [-0.4, -0.2) is 16.1 Å². The maximum Gasteiger partial charge on any atom is 0.514 e. The van der Waals surface area contributed by atoms with E-state index in [1.165, 1.54) is 35.6 Å². The second kappa shape index (κ2) is 12.1. The van der Waals surface area contributed by atoms with Gasteiger partial charge in [-0.15, -0.1) is 11.3 Å². The Kier molecular flexibility index (Phi) is 10.8. The number of nitrogens with zero attached hydrogens (tertiary/aromatic N) is 2. The van der Waals surface area contributed by atoms with Crippen molar-refractivity contribution in [1.82, 2.24) is 4.98 Å². The number of carbonyl (C=O) groups excluding carboxylic acids is 1. The van der Waals surface area contributed by atoms with E-state index in [1.54, 1.807) is 11.7 Å². The summed E-state index contributed by atoms with van der Waals surface area (Å²) in [6.07, 6.45) is 0.714. The summed E-state index contributed by atoms with van der Waals surface area (Å²) in [6, 6.07) is 5.13. The van der Waals surface area contributed by atoms with Crippen molar-refractivity contribution in [2.75, 3.05) is 0 Å². The number of ether oxygens (including phenoxy) is 2. The molecule has 7 nitrogen and oxygen atoms in total. The molecule has 8 heteroatoms. The van der Waals surface area contributed by atoms with Gasteiger partial charge in [-0.05, 0) is 12.1 Å². The predicted molar refractivity (Wildman–Crippen MR) is 88.7 cm³/mol. The van der Waals surface area contributed by atoms with E-state index in [1.807, 2.05) is 27.7 Å². The van der Waals surface area contributed by atoms with Gasteiger partial charge in [-0.3, -0.25) is 15.1 Å². The van der Waals surface area contributed by atoms with Gasteiger partial charge in [-0.25, -0.2) is 4.79 Å². The molecule has 0 atom stereocenters. The van der Waals surface area contributed by atoms with Crippen molar-refractivity contribution in [2.45, 2.75) is 34.3 Å². The van der Waals surface area contributed by atoms with E-state index in [0.717, 1.165) is 4.88 Å². The number of non-ortho nitro benzene ring substituents is 1. The van der Waals surface area contributed by atoms with Crippen LogP contribution in [0.3, 0.4) is 0 Å². The lowest BCUT2D eigenvalue weighted by Gasteiger charge is -2.04. The summed E-state index contributed by atoms with van der Waals surface area (Å²) in [6.45, 7) is 8.08. The first kappa shape index (κ1) is 20.5. The minimum absolute atomic E-state index is 0.0784. The van der Waals surface area contributed by atoms with Crippen molar-refractivity contribution in [3.05, 3.63) is 51.0 Å². The van der Waals surface area contributed by atoms with Crippen LogP contribution in [0.15, 0.2) is 36.0 Å². The van der Waals surface area contributed by atoms with Crippen molar-refractivity contribution in [3.63, 3.8) is 0 Å². The monoisotopic (exact) mass is 340 g/mol. The maximum atomic E-state index is 11.3. The van der Waals surface area contributed by atoms with E-state index in [0.29, 0.717) is 0 Å². The fourth-order valence-electron chi connectivity index (χ4n) is 1.21. The molecule has 0 saturated carbocycles. The number of hydrogen-bond donors (Lipinski definition) is 0. The van der Waals surface area contributed by atoms with Gasteiger partial charge in [0, 0.05) is 18.3 Å². The molecule has 0 amide bonds. The first-order valence-corrected chi connectivity index (χ1v) is 7.99. The molecular weight excluding hydrogens is 320 g/mol. The Hall–Kier alpha value is -2.48. The summed E-state index contributed by atoms with van der Waals surface area (Å²) in [7, 11) is 0. The number of benzene rings is 1. The SMILES string of the molecule is CC.CC.O=C(OCc1cncs1)Oc1ccc([N+](=O)[O-])cc1. The zero-order valence-electron chi connectivity index (χ0n) is 13.5. The molecule has 23 heavy (non-hydrogen) atoms. The minimum atomic E-state index is -0.873. The molecule has 1 aromatic carbocycles. The Morgan fingerprint density at radius 1 is 1.22 bits per heavy atom. The van der Waals surface area contributed by atoms with Crippen LogP contribution >= 0.6 is 11.3 Å². The highest BCUT2D eigenvalue weighted by molar-refractivity contribution is 7.09. The van der Waals surface area contributed by atoms with Crippen LogP contribution in [0, 0.1) is 10.1 Å². The van der Waals surface area contributed by atoms with E-state index in [2.05, 4.69) is 4.98 Å². The molecule has 2 rings (SSSR count). The zero-order valence-corrected chi connectivity index (χ0v) is 14.3. The molecule has 0 aliphatic rings. The van der Waals surface area contributed by atoms with Crippen LogP contribution in [0.2, 0.25) is 0 Å². The van der Waals surface area contributed by atoms with Crippen molar-refractivity contribution >= 4 is 23.2 Å². The van der Waals surface area contributed by atoms with Crippen molar-refractivity contribution < 1.29 is 19.2 Å². The van der Waals surface area contributed by atoms with Gasteiger partial charge < -0.3 is 9.47 Å². The third kappa shape index (κ3) is 7.91. The van der Waals surface area contributed by atoms with Gasteiger partial charge in [0.15, 0.2) is 0 Å². The Morgan fingerprint density at radius 2 is 1.83 bits per heavy atom. The lowest BCUT2D eigenvalue weighted by Crippen LogP contribution is -2.09. The molecule has 0 radical (unpaired) electrons. The Balaban J connectivity index is 0.00000112. The third-order valence-corrected chi connectivity index (χ3v) is 2.82. The topological polar surface area (TPSA) is 91.6 Å². The maximum absolute atomic E-state index is 11.3.